The van der Waals surface area contributed by atoms with E-state index in [1.54, 1.807) is 12.1 Å². The van der Waals surface area contributed by atoms with Crippen molar-refractivity contribution in [3.05, 3.63) is 36.2 Å². The van der Waals surface area contributed by atoms with Crippen LogP contribution in [0.5, 0.6) is 5.75 Å². The molecule has 0 radical (unpaired) electrons. The number of nitrogens with two attached hydrogens (primary N) is 1. The van der Waals surface area contributed by atoms with Crippen molar-refractivity contribution < 1.29 is 22.3 Å². The van der Waals surface area contributed by atoms with Gasteiger partial charge in [0, 0.05) is 31.1 Å². The van der Waals surface area contributed by atoms with Gasteiger partial charge in [0.15, 0.2) is 9.84 Å². The number of amides is 1. The highest BCUT2D eigenvalue weighted by atomic mass is 32.2. The van der Waals surface area contributed by atoms with Gasteiger partial charge < -0.3 is 15.4 Å². The van der Waals surface area contributed by atoms with E-state index in [9.17, 15) is 17.6 Å². The van der Waals surface area contributed by atoms with Crippen LogP contribution in [0.15, 0.2) is 41.1 Å². The average Bonchev–Trinajstić information content (AvgIpc) is 3.01. The summed E-state index contributed by atoms with van der Waals surface area (Å²) in [5.74, 6) is 0.841. The summed E-state index contributed by atoms with van der Waals surface area (Å²) in [5, 5.41) is 0. The van der Waals surface area contributed by atoms with E-state index in [1.807, 2.05) is 11.8 Å². The fourth-order valence-electron chi connectivity index (χ4n) is 3.06. The SMILES string of the molecule is CC1CCN(CCCCCS(=O)(=O)c2ccc(OC/C(=C/F)CN)cc2)C1=O. The lowest BCUT2D eigenvalue weighted by Crippen LogP contribution is -2.27. The van der Waals surface area contributed by atoms with Crippen LogP contribution in [0.25, 0.3) is 0 Å². The Hall–Kier alpha value is -1.93. The van der Waals surface area contributed by atoms with Gasteiger partial charge in [-0.25, -0.2) is 12.8 Å². The third kappa shape index (κ3) is 6.31. The van der Waals surface area contributed by atoms with Crippen LogP contribution < -0.4 is 10.5 Å². The molecule has 0 saturated carbocycles. The summed E-state index contributed by atoms with van der Waals surface area (Å²) in [6.07, 6.45) is 3.45. The molecule has 156 valence electrons. The number of hydrogen-bond donors (Lipinski definition) is 1. The van der Waals surface area contributed by atoms with Crippen molar-refractivity contribution in [2.75, 3.05) is 32.0 Å². The normalized spacial score (nSPS) is 18.0. The zero-order valence-electron chi connectivity index (χ0n) is 16.3. The van der Waals surface area contributed by atoms with Gasteiger partial charge in [0.2, 0.25) is 5.91 Å². The lowest BCUT2D eigenvalue weighted by atomic mass is 10.1. The molecule has 1 atom stereocenters. The molecular weight excluding hydrogens is 383 g/mol. The summed E-state index contributed by atoms with van der Waals surface area (Å²) in [6.45, 7) is 3.54. The number of halogens is 1. The zero-order chi connectivity index (χ0) is 20.6. The molecule has 1 amide bonds. The van der Waals surface area contributed by atoms with E-state index in [-0.39, 0.29) is 35.6 Å². The first-order valence-electron chi connectivity index (χ1n) is 9.60. The number of carbonyl (C=O) groups excluding carboxylic acids is 1. The van der Waals surface area contributed by atoms with E-state index in [4.69, 9.17) is 10.5 Å². The van der Waals surface area contributed by atoms with Crippen LogP contribution in [0.4, 0.5) is 4.39 Å². The Bertz CT molecular complexity index is 778. The molecule has 2 rings (SSSR count). The van der Waals surface area contributed by atoms with Crippen LogP contribution in [0, 0.1) is 5.92 Å². The fraction of sp³-hybridized carbons (Fsp3) is 0.550. The van der Waals surface area contributed by atoms with Gasteiger partial charge in [-0.3, -0.25) is 4.79 Å². The van der Waals surface area contributed by atoms with Crippen LogP contribution in [-0.2, 0) is 14.6 Å². The zero-order valence-corrected chi connectivity index (χ0v) is 17.1. The quantitative estimate of drug-likeness (QED) is 0.565. The predicted molar refractivity (Wildman–Crippen MR) is 106 cm³/mol. The van der Waals surface area contributed by atoms with Crippen molar-refractivity contribution >= 4 is 15.7 Å². The second kappa shape index (κ2) is 10.6. The summed E-state index contributed by atoms with van der Waals surface area (Å²) in [7, 11) is -3.36. The average molecular weight is 413 g/mol. The number of likely N-dealkylation sites (tertiary alicyclic amines) is 1. The lowest BCUT2D eigenvalue weighted by Gasteiger charge is -2.15. The number of hydrogen-bond acceptors (Lipinski definition) is 5. The number of carbonyl (C=O) groups is 1. The highest BCUT2D eigenvalue weighted by molar-refractivity contribution is 7.91. The second-order valence-corrected chi connectivity index (χ2v) is 9.24. The smallest absolute Gasteiger partial charge is 0.225 e. The molecule has 28 heavy (non-hydrogen) atoms. The molecule has 0 bridgehead atoms. The first-order chi connectivity index (χ1) is 13.4. The topological polar surface area (TPSA) is 89.7 Å². The van der Waals surface area contributed by atoms with Crippen molar-refractivity contribution in [3.8, 4) is 5.75 Å². The number of rotatable bonds is 11. The van der Waals surface area contributed by atoms with Crippen molar-refractivity contribution in [2.24, 2.45) is 11.7 Å². The Morgan fingerprint density at radius 3 is 2.57 bits per heavy atom. The molecule has 0 aliphatic carbocycles. The summed E-state index contributed by atoms with van der Waals surface area (Å²) in [5.41, 5.74) is 5.68. The van der Waals surface area contributed by atoms with E-state index in [1.165, 1.54) is 12.1 Å². The predicted octanol–water partition coefficient (Wildman–Crippen LogP) is 2.69. The van der Waals surface area contributed by atoms with Gasteiger partial charge in [0.1, 0.15) is 12.4 Å². The molecule has 1 aromatic rings. The molecule has 1 fully saturated rings. The number of ether oxygens (including phenoxy) is 1. The monoisotopic (exact) mass is 412 g/mol. The van der Waals surface area contributed by atoms with E-state index in [2.05, 4.69) is 0 Å². The number of benzene rings is 1. The molecule has 1 aliphatic heterocycles. The highest BCUT2D eigenvalue weighted by Gasteiger charge is 2.27. The first-order valence-corrected chi connectivity index (χ1v) is 11.2. The van der Waals surface area contributed by atoms with Crippen molar-refractivity contribution in [3.63, 3.8) is 0 Å². The summed E-state index contributed by atoms with van der Waals surface area (Å²) in [6, 6.07) is 6.10. The number of sulfone groups is 1. The first kappa shape index (κ1) is 22.4. The standard InChI is InChI=1S/C20H29FN2O4S/c1-16-9-11-23(20(16)24)10-3-2-4-12-28(25,26)19-7-5-18(6-8-19)27-15-17(13-21)14-22/h5-8,13,16H,2-4,9-12,14-15,22H2,1H3/b17-13+. The number of nitrogens with zero attached hydrogens (tertiary/aromatic N) is 1. The van der Waals surface area contributed by atoms with Gasteiger partial charge in [-0.05, 0) is 43.5 Å². The molecule has 8 heteroatoms. The Kier molecular flexibility index (Phi) is 8.44. The van der Waals surface area contributed by atoms with Gasteiger partial charge in [-0.2, -0.15) is 0 Å². The maximum Gasteiger partial charge on any atom is 0.225 e. The summed E-state index contributed by atoms with van der Waals surface area (Å²) >= 11 is 0. The Balaban J connectivity index is 1.75. The molecule has 1 unspecified atom stereocenters. The van der Waals surface area contributed by atoms with Gasteiger partial charge in [0.05, 0.1) is 17.0 Å². The lowest BCUT2D eigenvalue weighted by molar-refractivity contribution is -0.130. The highest BCUT2D eigenvalue weighted by Crippen LogP contribution is 2.20. The van der Waals surface area contributed by atoms with E-state index < -0.39 is 9.84 Å². The maximum absolute atomic E-state index is 12.5. The van der Waals surface area contributed by atoms with E-state index in [0.29, 0.717) is 30.6 Å². The molecular formula is C20H29FN2O4S. The Labute approximate surface area is 166 Å². The summed E-state index contributed by atoms with van der Waals surface area (Å²) < 4.78 is 42.7. The molecule has 0 aromatic heterocycles. The minimum Gasteiger partial charge on any atom is -0.489 e. The van der Waals surface area contributed by atoms with Crippen LogP contribution in [-0.4, -0.2) is 51.2 Å². The Morgan fingerprint density at radius 1 is 1.29 bits per heavy atom. The largest absolute Gasteiger partial charge is 0.489 e. The molecule has 2 N–H and O–H groups in total. The summed E-state index contributed by atoms with van der Waals surface area (Å²) in [4.78, 5) is 14.0. The van der Waals surface area contributed by atoms with E-state index >= 15 is 0 Å². The molecule has 6 nitrogen and oxygen atoms in total. The molecule has 1 aromatic carbocycles. The van der Waals surface area contributed by atoms with Crippen LogP contribution in [0.3, 0.4) is 0 Å². The molecule has 0 spiro atoms. The van der Waals surface area contributed by atoms with Gasteiger partial charge >= 0.3 is 0 Å². The van der Waals surface area contributed by atoms with Gasteiger partial charge in [-0.1, -0.05) is 13.3 Å². The van der Waals surface area contributed by atoms with Gasteiger partial charge in [-0.15, -0.1) is 0 Å². The van der Waals surface area contributed by atoms with Gasteiger partial charge in [0.25, 0.3) is 0 Å². The van der Waals surface area contributed by atoms with Crippen LogP contribution in [0.2, 0.25) is 0 Å². The molecule has 1 aliphatic rings. The maximum atomic E-state index is 12.5. The van der Waals surface area contributed by atoms with E-state index in [0.717, 1.165) is 25.8 Å². The van der Waals surface area contributed by atoms with Crippen molar-refractivity contribution in [2.45, 2.75) is 37.5 Å². The minimum absolute atomic E-state index is 0.0252. The van der Waals surface area contributed by atoms with Crippen LogP contribution in [0.1, 0.15) is 32.6 Å². The second-order valence-electron chi connectivity index (χ2n) is 7.13. The number of unbranched alkanes of at least 4 members (excludes halogenated alkanes) is 2. The third-order valence-electron chi connectivity index (χ3n) is 4.93. The molecule has 1 saturated heterocycles. The third-order valence-corrected chi connectivity index (χ3v) is 6.75. The fourth-order valence-corrected chi connectivity index (χ4v) is 4.43. The minimum atomic E-state index is -3.36. The van der Waals surface area contributed by atoms with Crippen molar-refractivity contribution in [1.29, 1.82) is 0 Å². The van der Waals surface area contributed by atoms with Crippen molar-refractivity contribution in [1.82, 2.24) is 4.90 Å². The molecule has 1 heterocycles. The van der Waals surface area contributed by atoms with Crippen LogP contribution >= 0.6 is 0 Å². The Morgan fingerprint density at radius 2 is 2.00 bits per heavy atom.